The SMILES string of the molecule is C=C(C)COc1c(OC)ccc(C(=O)OC)c1I. The molecule has 1 rings (SSSR count). The van der Waals surface area contributed by atoms with Gasteiger partial charge in [-0.1, -0.05) is 6.58 Å². The summed E-state index contributed by atoms with van der Waals surface area (Å²) in [6.07, 6.45) is 0. The van der Waals surface area contributed by atoms with E-state index in [9.17, 15) is 4.79 Å². The molecule has 0 saturated carbocycles. The van der Waals surface area contributed by atoms with Gasteiger partial charge in [0.2, 0.25) is 0 Å². The van der Waals surface area contributed by atoms with Gasteiger partial charge >= 0.3 is 5.97 Å². The van der Waals surface area contributed by atoms with Gasteiger partial charge in [0.15, 0.2) is 11.5 Å². The maximum atomic E-state index is 11.6. The van der Waals surface area contributed by atoms with Crippen LogP contribution in [0.5, 0.6) is 11.5 Å². The molecule has 0 N–H and O–H groups in total. The van der Waals surface area contributed by atoms with E-state index in [2.05, 4.69) is 6.58 Å². The average Bonchev–Trinajstić information content (AvgIpc) is 2.35. The highest BCUT2D eigenvalue weighted by molar-refractivity contribution is 14.1. The second-order valence-electron chi connectivity index (χ2n) is 3.70. The first kappa shape index (κ1) is 14.8. The van der Waals surface area contributed by atoms with Crippen LogP contribution < -0.4 is 9.47 Å². The van der Waals surface area contributed by atoms with Gasteiger partial charge in [0.1, 0.15) is 6.61 Å². The van der Waals surface area contributed by atoms with Crippen molar-refractivity contribution in [1.82, 2.24) is 0 Å². The second-order valence-corrected chi connectivity index (χ2v) is 4.77. The number of methoxy groups -OCH3 is 2. The highest BCUT2D eigenvalue weighted by Crippen LogP contribution is 2.35. The average molecular weight is 362 g/mol. The molecule has 0 bridgehead atoms. The molecule has 0 amide bonds. The molecule has 0 spiro atoms. The third-order valence-electron chi connectivity index (χ3n) is 2.15. The smallest absolute Gasteiger partial charge is 0.339 e. The quantitative estimate of drug-likeness (QED) is 0.459. The molecule has 0 aromatic heterocycles. The molecule has 0 atom stereocenters. The third-order valence-corrected chi connectivity index (χ3v) is 3.22. The number of benzene rings is 1. The summed E-state index contributed by atoms with van der Waals surface area (Å²) in [5.74, 6) is 0.708. The van der Waals surface area contributed by atoms with Gasteiger partial charge in [-0.25, -0.2) is 4.79 Å². The fourth-order valence-corrected chi connectivity index (χ4v) is 2.12. The van der Waals surface area contributed by atoms with Gasteiger partial charge in [0, 0.05) is 0 Å². The summed E-state index contributed by atoms with van der Waals surface area (Å²) in [5, 5.41) is 0. The summed E-state index contributed by atoms with van der Waals surface area (Å²) < 4.78 is 16.2. The first-order valence-electron chi connectivity index (χ1n) is 5.23. The molecule has 0 heterocycles. The first-order valence-corrected chi connectivity index (χ1v) is 6.31. The van der Waals surface area contributed by atoms with E-state index in [4.69, 9.17) is 14.2 Å². The summed E-state index contributed by atoms with van der Waals surface area (Å²) in [6, 6.07) is 3.34. The third kappa shape index (κ3) is 3.38. The Balaban J connectivity index is 3.18. The first-order chi connectivity index (χ1) is 8.51. The zero-order valence-corrected chi connectivity index (χ0v) is 12.7. The zero-order chi connectivity index (χ0) is 13.7. The molecule has 1 aromatic carbocycles. The van der Waals surface area contributed by atoms with Gasteiger partial charge in [-0.15, -0.1) is 0 Å². The topological polar surface area (TPSA) is 44.8 Å². The highest BCUT2D eigenvalue weighted by atomic mass is 127. The Bertz CT molecular complexity index is 468. The maximum absolute atomic E-state index is 11.6. The van der Waals surface area contributed by atoms with Gasteiger partial charge in [0.25, 0.3) is 0 Å². The van der Waals surface area contributed by atoms with E-state index in [0.29, 0.717) is 27.2 Å². The molecule has 0 saturated heterocycles. The number of halogens is 1. The van der Waals surface area contributed by atoms with Gasteiger partial charge in [-0.2, -0.15) is 0 Å². The van der Waals surface area contributed by atoms with Crippen LogP contribution >= 0.6 is 22.6 Å². The molecule has 0 aliphatic rings. The van der Waals surface area contributed by atoms with Crippen LogP contribution in [0, 0.1) is 3.57 Å². The van der Waals surface area contributed by atoms with Gasteiger partial charge in [-0.3, -0.25) is 0 Å². The lowest BCUT2D eigenvalue weighted by molar-refractivity contribution is 0.0599. The predicted molar refractivity (Wildman–Crippen MR) is 77.4 cm³/mol. The summed E-state index contributed by atoms with van der Waals surface area (Å²) in [4.78, 5) is 11.6. The van der Waals surface area contributed by atoms with E-state index in [1.807, 2.05) is 29.5 Å². The molecule has 18 heavy (non-hydrogen) atoms. The van der Waals surface area contributed by atoms with Crippen LogP contribution in [-0.2, 0) is 4.74 Å². The van der Waals surface area contributed by atoms with Crippen molar-refractivity contribution in [1.29, 1.82) is 0 Å². The van der Waals surface area contributed by atoms with Crippen molar-refractivity contribution in [3.63, 3.8) is 0 Å². The van der Waals surface area contributed by atoms with Crippen LogP contribution in [0.25, 0.3) is 0 Å². The maximum Gasteiger partial charge on any atom is 0.339 e. The van der Waals surface area contributed by atoms with Gasteiger partial charge in [-0.05, 0) is 47.2 Å². The Labute approximate surface area is 120 Å². The second kappa shape index (κ2) is 6.63. The molecule has 1 aromatic rings. The molecule has 0 aliphatic carbocycles. The van der Waals surface area contributed by atoms with Crippen molar-refractivity contribution < 1.29 is 19.0 Å². The minimum absolute atomic E-state index is 0.372. The van der Waals surface area contributed by atoms with E-state index in [0.717, 1.165) is 5.57 Å². The number of rotatable bonds is 5. The Morgan fingerprint density at radius 1 is 1.39 bits per heavy atom. The van der Waals surface area contributed by atoms with Crippen molar-refractivity contribution in [2.75, 3.05) is 20.8 Å². The van der Waals surface area contributed by atoms with Crippen molar-refractivity contribution in [2.45, 2.75) is 6.92 Å². The number of hydrogen-bond donors (Lipinski definition) is 0. The van der Waals surface area contributed by atoms with Crippen molar-refractivity contribution >= 4 is 28.6 Å². The number of carbonyl (C=O) groups excluding carboxylic acids is 1. The van der Waals surface area contributed by atoms with Crippen molar-refractivity contribution in [2.24, 2.45) is 0 Å². The Hall–Kier alpha value is -1.24. The lowest BCUT2D eigenvalue weighted by Crippen LogP contribution is -2.08. The van der Waals surface area contributed by atoms with E-state index in [1.54, 1.807) is 19.2 Å². The summed E-state index contributed by atoms with van der Waals surface area (Å²) in [6.45, 7) is 6.01. The van der Waals surface area contributed by atoms with Crippen LogP contribution in [0.15, 0.2) is 24.3 Å². The molecule has 0 radical (unpaired) electrons. The largest absolute Gasteiger partial charge is 0.493 e. The molecular formula is C13H15IO4. The van der Waals surface area contributed by atoms with Crippen LogP contribution in [0.4, 0.5) is 0 Å². The van der Waals surface area contributed by atoms with Crippen LogP contribution in [0.1, 0.15) is 17.3 Å². The highest BCUT2D eigenvalue weighted by Gasteiger charge is 2.18. The Kier molecular flexibility index (Phi) is 5.46. The van der Waals surface area contributed by atoms with Gasteiger partial charge in [0.05, 0.1) is 23.4 Å². The summed E-state index contributed by atoms with van der Waals surface area (Å²) in [5.41, 5.74) is 1.34. The zero-order valence-electron chi connectivity index (χ0n) is 10.6. The number of ether oxygens (including phenoxy) is 3. The fraction of sp³-hybridized carbons (Fsp3) is 0.308. The monoisotopic (exact) mass is 362 g/mol. The van der Waals surface area contributed by atoms with E-state index < -0.39 is 5.97 Å². The standard InChI is InChI=1S/C13H15IO4/c1-8(2)7-18-12-10(16-3)6-5-9(11(12)14)13(15)17-4/h5-6H,1,7H2,2-4H3. The Morgan fingerprint density at radius 3 is 2.56 bits per heavy atom. The number of carbonyl (C=O) groups is 1. The molecule has 5 heteroatoms. The molecule has 0 aliphatic heterocycles. The molecule has 0 fully saturated rings. The van der Waals surface area contributed by atoms with E-state index in [1.165, 1.54) is 7.11 Å². The van der Waals surface area contributed by atoms with Crippen LogP contribution in [-0.4, -0.2) is 26.8 Å². The van der Waals surface area contributed by atoms with Crippen molar-refractivity contribution in [3.8, 4) is 11.5 Å². The van der Waals surface area contributed by atoms with Crippen LogP contribution in [0.3, 0.4) is 0 Å². The number of hydrogen-bond acceptors (Lipinski definition) is 4. The summed E-state index contributed by atoms with van der Waals surface area (Å²) >= 11 is 2.04. The fourth-order valence-electron chi connectivity index (χ4n) is 1.30. The Morgan fingerprint density at radius 2 is 2.06 bits per heavy atom. The lowest BCUT2D eigenvalue weighted by atomic mass is 10.2. The predicted octanol–water partition coefficient (Wildman–Crippen LogP) is 3.04. The summed E-state index contributed by atoms with van der Waals surface area (Å²) in [7, 11) is 2.90. The molecular weight excluding hydrogens is 347 g/mol. The van der Waals surface area contributed by atoms with E-state index in [-0.39, 0.29) is 0 Å². The lowest BCUT2D eigenvalue weighted by Gasteiger charge is -2.14. The number of esters is 1. The van der Waals surface area contributed by atoms with Gasteiger partial charge < -0.3 is 14.2 Å². The normalized spacial score (nSPS) is 9.78. The minimum atomic E-state index is -0.401. The molecule has 0 unspecified atom stereocenters. The minimum Gasteiger partial charge on any atom is -0.493 e. The molecule has 4 nitrogen and oxygen atoms in total. The van der Waals surface area contributed by atoms with E-state index >= 15 is 0 Å². The molecule has 98 valence electrons. The van der Waals surface area contributed by atoms with Crippen LogP contribution in [0.2, 0.25) is 0 Å². The van der Waals surface area contributed by atoms with Crippen molar-refractivity contribution in [3.05, 3.63) is 33.4 Å².